The molecule has 4 aromatic rings. The van der Waals surface area contributed by atoms with E-state index in [2.05, 4.69) is 32.4 Å². The number of aryl methyl sites for hydroxylation is 2. The molecule has 0 saturated carbocycles. The predicted octanol–water partition coefficient (Wildman–Crippen LogP) is 2.70. The lowest BCUT2D eigenvalue weighted by Gasteiger charge is -2.10. The molecule has 7 heteroatoms. The van der Waals surface area contributed by atoms with Crippen molar-refractivity contribution >= 4 is 11.6 Å². The Kier molecular flexibility index (Phi) is 3.89. The second-order valence-electron chi connectivity index (χ2n) is 5.85. The first-order valence-corrected chi connectivity index (χ1v) is 8.26. The Labute approximate surface area is 145 Å². The van der Waals surface area contributed by atoms with Gasteiger partial charge in [-0.1, -0.05) is 37.3 Å². The van der Waals surface area contributed by atoms with E-state index in [1.165, 1.54) is 11.9 Å². The lowest BCUT2D eigenvalue weighted by molar-refractivity contribution is 0.746. The van der Waals surface area contributed by atoms with Gasteiger partial charge >= 0.3 is 0 Å². The van der Waals surface area contributed by atoms with E-state index in [1.54, 1.807) is 4.52 Å². The molecule has 0 spiro atoms. The lowest BCUT2D eigenvalue weighted by Crippen LogP contribution is -2.07. The highest BCUT2D eigenvalue weighted by atomic mass is 15.4. The van der Waals surface area contributed by atoms with Gasteiger partial charge in [-0.15, -0.1) is 0 Å². The van der Waals surface area contributed by atoms with Crippen molar-refractivity contribution in [1.29, 1.82) is 0 Å². The number of benzene rings is 1. The Balaban J connectivity index is 1.70. The molecular formula is C18H19N7. The Morgan fingerprint density at radius 1 is 1.16 bits per heavy atom. The van der Waals surface area contributed by atoms with Gasteiger partial charge in [-0.3, -0.25) is 4.68 Å². The largest absolute Gasteiger partial charge is 0.366 e. The Hall–Kier alpha value is -3.22. The second-order valence-corrected chi connectivity index (χ2v) is 5.85. The molecule has 0 aliphatic heterocycles. The molecule has 0 saturated heterocycles. The molecule has 0 fully saturated rings. The van der Waals surface area contributed by atoms with Crippen LogP contribution in [-0.4, -0.2) is 29.4 Å². The number of anilines is 1. The van der Waals surface area contributed by atoms with Crippen molar-refractivity contribution in [2.24, 2.45) is 7.05 Å². The van der Waals surface area contributed by atoms with Gasteiger partial charge in [0.2, 0.25) is 0 Å². The van der Waals surface area contributed by atoms with Gasteiger partial charge in [-0.2, -0.15) is 19.7 Å². The molecule has 25 heavy (non-hydrogen) atoms. The van der Waals surface area contributed by atoms with Crippen molar-refractivity contribution in [2.75, 3.05) is 5.32 Å². The Morgan fingerprint density at radius 3 is 2.80 bits per heavy atom. The summed E-state index contributed by atoms with van der Waals surface area (Å²) in [5.74, 6) is 1.43. The van der Waals surface area contributed by atoms with E-state index in [0.29, 0.717) is 12.3 Å². The van der Waals surface area contributed by atoms with Crippen LogP contribution in [0.2, 0.25) is 0 Å². The van der Waals surface area contributed by atoms with E-state index in [-0.39, 0.29) is 0 Å². The van der Waals surface area contributed by atoms with E-state index >= 15 is 0 Å². The van der Waals surface area contributed by atoms with Crippen LogP contribution in [0.1, 0.15) is 18.2 Å². The molecule has 0 bridgehead atoms. The molecule has 3 heterocycles. The number of nitrogens with zero attached hydrogens (tertiary/aromatic N) is 6. The minimum atomic E-state index is 0.575. The molecule has 0 unspecified atom stereocenters. The molecule has 0 aliphatic carbocycles. The first kappa shape index (κ1) is 15.3. The second kappa shape index (κ2) is 6.35. The van der Waals surface area contributed by atoms with Crippen molar-refractivity contribution in [2.45, 2.75) is 19.9 Å². The SMILES string of the molecule is CCc1nn(C)cc1CNc1cc(-c2ccccc2)nc2ncnn12. The summed E-state index contributed by atoms with van der Waals surface area (Å²) in [4.78, 5) is 8.83. The Bertz CT molecular complexity index is 1000. The maximum absolute atomic E-state index is 4.59. The van der Waals surface area contributed by atoms with Gasteiger partial charge in [0.1, 0.15) is 12.1 Å². The number of hydrogen-bond donors (Lipinski definition) is 1. The van der Waals surface area contributed by atoms with Gasteiger partial charge in [0.15, 0.2) is 0 Å². The summed E-state index contributed by atoms with van der Waals surface area (Å²) in [5.41, 5.74) is 4.19. The molecular weight excluding hydrogens is 314 g/mol. The van der Waals surface area contributed by atoms with Crippen LogP contribution in [0.15, 0.2) is 48.9 Å². The minimum Gasteiger partial charge on any atom is -0.366 e. The van der Waals surface area contributed by atoms with E-state index in [9.17, 15) is 0 Å². The molecule has 126 valence electrons. The third-order valence-corrected chi connectivity index (χ3v) is 4.11. The van der Waals surface area contributed by atoms with Gasteiger partial charge in [0.25, 0.3) is 5.78 Å². The number of nitrogens with one attached hydrogen (secondary N) is 1. The number of aromatic nitrogens is 6. The van der Waals surface area contributed by atoms with Crippen LogP contribution in [0.4, 0.5) is 5.82 Å². The summed E-state index contributed by atoms with van der Waals surface area (Å²) in [7, 11) is 1.94. The molecule has 0 amide bonds. The van der Waals surface area contributed by atoms with Crippen LogP contribution in [0.5, 0.6) is 0 Å². The monoisotopic (exact) mass is 333 g/mol. The first-order valence-electron chi connectivity index (χ1n) is 8.26. The zero-order chi connectivity index (χ0) is 17.2. The molecule has 3 aromatic heterocycles. The van der Waals surface area contributed by atoms with Crippen molar-refractivity contribution in [3.8, 4) is 11.3 Å². The highest BCUT2D eigenvalue weighted by Crippen LogP contribution is 2.22. The van der Waals surface area contributed by atoms with Crippen molar-refractivity contribution in [1.82, 2.24) is 29.4 Å². The zero-order valence-electron chi connectivity index (χ0n) is 14.2. The van der Waals surface area contributed by atoms with Crippen LogP contribution in [-0.2, 0) is 20.0 Å². The van der Waals surface area contributed by atoms with E-state index in [1.807, 2.05) is 54.3 Å². The molecule has 1 aromatic carbocycles. The number of hydrogen-bond acceptors (Lipinski definition) is 5. The van der Waals surface area contributed by atoms with E-state index in [4.69, 9.17) is 0 Å². The predicted molar refractivity (Wildman–Crippen MR) is 96.1 cm³/mol. The minimum absolute atomic E-state index is 0.575. The Morgan fingerprint density at radius 2 is 2.00 bits per heavy atom. The molecule has 7 nitrogen and oxygen atoms in total. The standard InChI is InChI=1S/C18H19N7/c1-3-15-14(11-24(2)23-15)10-19-17-9-16(13-7-5-4-6-8-13)22-18-20-12-21-25(17)18/h4-9,11-12,19H,3,10H2,1-2H3. The smallest absolute Gasteiger partial charge is 0.254 e. The third-order valence-electron chi connectivity index (χ3n) is 4.11. The summed E-state index contributed by atoms with van der Waals surface area (Å²) < 4.78 is 3.57. The summed E-state index contributed by atoms with van der Waals surface area (Å²) >= 11 is 0. The average molecular weight is 333 g/mol. The quantitative estimate of drug-likeness (QED) is 0.608. The van der Waals surface area contributed by atoms with E-state index < -0.39 is 0 Å². The summed E-state index contributed by atoms with van der Waals surface area (Å²) in [5, 5.41) is 12.2. The maximum Gasteiger partial charge on any atom is 0.254 e. The van der Waals surface area contributed by atoms with Crippen molar-refractivity contribution < 1.29 is 0 Å². The molecule has 0 atom stereocenters. The maximum atomic E-state index is 4.59. The first-order chi connectivity index (χ1) is 12.2. The van der Waals surface area contributed by atoms with Gasteiger partial charge in [-0.25, -0.2) is 4.98 Å². The van der Waals surface area contributed by atoms with E-state index in [0.717, 1.165) is 29.2 Å². The fourth-order valence-electron chi connectivity index (χ4n) is 2.91. The number of fused-ring (bicyclic) bond motifs is 1. The van der Waals surface area contributed by atoms with Gasteiger partial charge in [0.05, 0.1) is 11.4 Å². The number of rotatable bonds is 5. The molecule has 0 aliphatic rings. The zero-order valence-corrected chi connectivity index (χ0v) is 14.2. The van der Waals surface area contributed by atoms with Gasteiger partial charge in [0, 0.05) is 37.0 Å². The summed E-state index contributed by atoms with van der Waals surface area (Å²) in [6.07, 6.45) is 4.47. The highest BCUT2D eigenvalue weighted by molar-refractivity contribution is 5.65. The normalized spacial score (nSPS) is 11.1. The van der Waals surface area contributed by atoms with Crippen molar-refractivity contribution in [3.63, 3.8) is 0 Å². The van der Waals surface area contributed by atoms with Crippen LogP contribution in [0.3, 0.4) is 0 Å². The van der Waals surface area contributed by atoms with Crippen LogP contribution >= 0.6 is 0 Å². The molecule has 4 rings (SSSR count). The van der Waals surface area contributed by atoms with Gasteiger partial charge in [-0.05, 0) is 6.42 Å². The fraction of sp³-hybridized carbons (Fsp3) is 0.222. The third kappa shape index (κ3) is 2.96. The summed E-state index contributed by atoms with van der Waals surface area (Å²) in [6, 6.07) is 12.1. The topological polar surface area (TPSA) is 72.9 Å². The fourth-order valence-corrected chi connectivity index (χ4v) is 2.91. The van der Waals surface area contributed by atoms with Crippen LogP contribution in [0, 0.1) is 0 Å². The lowest BCUT2D eigenvalue weighted by atomic mass is 10.1. The van der Waals surface area contributed by atoms with Crippen LogP contribution < -0.4 is 5.32 Å². The molecule has 1 N–H and O–H groups in total. The highest BCUT2D eigenvalue weighted by Gasteiger charge is 2.11. The molecule has 0 radical (unpaired) electrons. The van der Waals surface area contributed by atoms with Crippen molar-refractivity contribution in [3.05, 3.63) is 60.2 Å². The average Bonchev–Trinajstić information content (AvgIpc) is 3.26. The summed E-state index contributed by atoms with van der Waals surface area (Å²) in [6.45, 7) is 2.78. The van der Waals surface area contributed by atoms with Crippen LogP contribution in [0.25, 0.3) is 17.0 Å². The van der Waals surface area contributed by atoms with Gasteiger partial charge < -0.3 is 5.32 Å².